The van der Waals surface area contributed by atoms with Crippen LogP contribution in [0.2, 0.25) is 0 Å². The summed E-state index contributed by atoms with van der Waals surface area (Å²) >= 11 is 1.35. The normalized spacial score (nSPS) is 13.9. The van der Waals surface area contributed by atoms with Gasteiger partial charge in [0, 0.05) is 24.6 Å². The number of tetrazole rings is 1. The van der Waals surface area contributed by atoms with Crippen molar-refractivity contribution in [2.75, 3.05) is 30.5 Å². The molecular weight excluding hydrogens is 470 g/mol. The van der Waals surface area contributed by atoms with Gasteiger partial charge in [0.05, 0.1) is 25.3 Å². The minimum absolute atomic E-state index is 0.122. The fourth-order valence-electron chi connectivity index (χ4n) is 3.95. The number of amides is 1. The first-order chi connectivity index (χ1) is 17.1. The first-order valence-corrected chi connectivity index (χ1v) is 11.7. The Morgan fingerprint density at radius 2 is 2.20 bits per heavy atom. The Bertz CT molecular complexity index is 1340. The lowest BCUT2D eigenvalue weighted by Crippen LogP contribution is -2.30. The topological polar surface area (TPSA) is 144 Å². The number of carbonyl (C=O) groups is 1. The summed E-state index contributed by atoms with van der Waals surface area (Å²) in [6, 6.07) is 8.65. The first-order valence-electron chi connectivity index (χ1n) is 11.0. The molecular formula is C22H23N9O3S. The number of carbonyl (C=O) groups excluding carboxylic acids is 1. The molecule has 4 aromatic rings. The maximum absolute atomic E-state index is 13.3. The SMILES string of the molecule is COc1cc2c(cc1C(=O)Nc1cccc(-c3nnnn3[C@H](C)CO)n1)CN(c1ncns1)CC2. The van der Waals surface area contributed by atoms with E-state index in [0.29, 0.717) is 35.2 Å². The van der Waals surface area contributed by atoms with E-state index in [4.69, 9.17) is 4.74 Å². The summed E-state index contributed by atoms with van der Waals surface area (Å²) in [5.74, 6) is 0.896. The lowest BCUT2D eigenvalue weighted by atomic mass is 9.96. The van der Waals surface area contributed by atoms with Crippen LogP contribution in [0.3, 0.4) is 0 Å². The quantitative estimate of drug-likeness (QED) is 0.392. The molecule has 0 bridgehead atoms. The highest BCUT2D eigenvalue weighted by Crippen LogP contribution is 2.31. The van der Waals surface area contributed by atoms with E-state index in [1.165, 1.54) is 16.2 Å². The van der Waals surface area contributed by atoms with Gasteiger partial charge in [0.1, 0.15) is 23.6 Å². The van der Waals surface area contributed by atoms with Crippen molar-refractivity contribution in [1.29, 1.82) is 0 Å². The summed E-state index contributed by atoms with van der Waals surface area (Å²) in [6.45, 7) is 3.12. The van der Waals surface area contributed by atoms with Gasteiger partial charge in [-0.1, -0.05) is 6.07 Å². The smallest absolute Gasteiger partial charge is 0.260 e. The van der Waals surface area contributed by atoms with E-state index in [-0.39, 0.29) is 18.6 Å². The van der Waals surface area contributed by atoms with Crippen LogP contribution in [0.25, 0.3) is 11.5 Å². The molecule has 0 spiro atoms. The lowest BCUT2D eigenvalue weighted by molar-refractivity contribution is 0.102. The molecule has 13 heteroatoms. The van der Waals surface area contributed by atoms with Gasteiger partial charge in [0.25, 0.3) is 5.91 Å². The number of rotatable bonds is 7. The van der Waals surface area contributed by atoms with Crippen molar-refractivity contribution in [3.63, 3.8) is 0 Å². The second kappa shape index (κ2) is 9.72. The number of aliphatic hydroxyl groups excluding tert-OH is 1. The second-order valence-electron chi connectivity index (χ2n) is 8.06. The zero-order chi connectivity index (χ0) is 24.4. The Kier molecular flexibility index (Phi) is 6.33. The minimum atomic E-state index is -0.342. The molecule has 12 nitrogen and oxygen atoms in total. The van der Waals surface area contributed by atoms with Crippen molar-refractivity contribution in [2.24, 2.45) is 0 Å². The van der Waals surface area contributed by atoms with Crippen LogP contribution in [0.15, 0.2) is 36.7 Å². The summed E-state index contributed by atoms with van der Waals surface area (Å²) in [7, 11) is 1.55. The highest BCUT2D eigenvalue weighted by Gasteiger charge is 2.23. The van der Waals surface area contributed by atoms with Crippen LogP contribution in [0.5, 0.6) is 5.75 Å². The third-order valence-electron chi connectivity index (χ3n) is 5.79. The lowest BCUT2D eigenvalue weighted by Gasteiger charge is -2.29. The Balaban J connectivity index is 1.40. The van der Waals surface area contributed by atoms with Crippen LogP contribution in [-0.2, 0) is 13.0 Å². The average Bonchev–Trinajstić information content (AvgIpc) is 3.60. The van der Waals surface area contributed by atoms with Gasteiger partial charge in [-0.25, -0.2) is 14.6 Å². The van der Waals surface area contributed by atoms with Crippen molar-refractivity contribution in [3.05, 3.63) is 53.3 Å². The van der Waals surface area contributed by atoms with Gasteiger partial charge in [-0.05, 0) is 59.2 Å². The van der Waals surface area contributed by atoms with Gasteiger partial charge in [-0.3, -0.25) is 4.79 Å². The third-order valence-corrected chi connectivity index (χ3v) is 6.52. The average molecular weight is 494 g/mol. The summed E-state index contributed by atoms with van der Waals surface area (Å²) < 4.78 is 11.1. The molecule has 35 heavy (non-hydrogen) atoms. The number of benzene rings is 1. The summed E-state index contributed by atoms with van der Waals surface area (Å²) in [6.07, 6.45) is 2.37. The number of aliphatic hydroxyl groups is 1. The van der Waals surface area contributed by atoms with Crippen molar-refractivity contribution in [1.82, 2.24) is 34.5 Å². The Morgan fingerprint density at radius 3 is 2.97 bits per heavy atom. The fraction of sp³-hybridized carbons (Fsp3) is 0.318. The number of aromatic nitrogens is 7. The van der Waals surface area contributed by atoms with E-state index >= 15 is 0 Å². The molecule has 4 heterocycles. The predicted molar refractivity (Wildman–Crippen MR) is 128 cm³/mol. The maximum atomic E-state index is 13.3. The number of nitrogens with one attached hydrogen (secondary N) is 1. The van der Waals surface area contributed by atoms with Crippen molar-refractivity contribution < 1.29 is 14.6 Å². The zero-order valence-corrected chi connectivity index (χ0v) is 19.9. The molecule has 0 aliphatic carbocycles. The Morgan fingerprint density at radius 1 is 1.31 bits per heavy atom. The highest BCUT2D eigenvalue weighted by molar-refractivity contribution is 7.09. The molecule has 2 N–H and O–H groups in total. The number of pyridine rings is 1. The van der Waals surface area contributed by atoms with E-state index < -0.39 is 0 Å². The molecule has 3 aromatic heterocycles. The van der Waals surface area contributed by atoms with Gasteiger partial charge >= 0.3 is 0 Å². The van der Waals surface area contributed by atoms with Gasteiger partial charge < -0.3 is 20.1 Å². The minimum Gasteiger partial charge on any atom is -0.496 e. The molecule has 1 atom stereocenters. The van der Waals surface area contributed by atoms with Gasteiger partial charge in [-0.15, -0.1) is 5.10 Å². The predicted octanol–water partition coefficient (Wildman–Crippen LogP) is 1.96. The Hall–Kier alpha value is -3.97. The zero-order valence-electron chi connectivity index (χ0n) is 19.1. The van der Waals surface area contributed by atoms with E-state index in [1.807, 2.05) is 12.1 Å². The molecule has 0 fully saturated rings. The van der Waals surface area contributed by atoms with Gasteiger partial charge in [0.2, 0.25) is 11.0 Å². The van der Waals surface area contributed by atoms with Crippen LogP contribution in [0, 0.1) is 0 Å². The molecule has 1 amide bonds. The van der Waals surface area contributed by atoms with Gasteiger partial charge in [0.15, 0.2) is 0 Å². The largest absolute Gasteiger partial charge is 0.496 e. The number of hydrogen-bond acceptors (Lipinski definition) is 11. The molecule has 1 aliphatic rings. The monoisotopic (exact) mass is 493 g/mol. The first kappa shape index (κ1) is 22.8. The van der Waals surface area contributed by atoms with Crippen LogP contribution >= 0.6 is 11.5 Å². The maximum Gasteiger partial charge on any atom is 0.260 e. The molecule has 5 rings (SSSR count). The molecule has 0 saturated heterocycles. The molecule has 1 aliphatic heterocycles. The number of anilines is 2. The molecule has 180 valence electrons. The van der Waals surface area contributed by atoms with Gasteiger partial charge in [-0.2, -0.15) is 4.37 Å². The summed E-state index contributed by atoms with van der Waals surface area (Å²) in [4.78, 5) is 24.2. The van der Waals surface area contributed by atoms with Crippen molar-refractivity contribution in [3.8, 4) is 17.3 Å². The van der Waals surface area contributed by atoms with Crippen molar-refractivity contribution in [2.45, 2.75) is 25.9 Å². The van der Waals surface area contributed by atoms with Crippen LogP contribution < -0.4 is 15.0 Å². The fourth-order valence-corrected chi connectivity index (χ4v) is 4.51. The third kappa shape index (κ3) is 4.55. The number of ether oxygens (including phenoxy) is 1. The summed E-state index contributed by atoms with van der Waals surface area (Å²) in [5, 5.41) is 24.8. The van der Waals surface area contributed by atoms with Crippen LogP contribution in [0.1, 0.15) is 34.5 Å². The molecule has 1 aromatic carbocycles. The number of hydrogen-bond donors (Lipinski definition) is 2. The molecule has 0 radical (unpaired) electrons. The van der Waals surface area contributed by atoms with E-state index in [9.17, 15) is 9.90 Å². The molecule has 0 saturated carbocycles. The highest BCUT2D eigenvalue weighted by atomic mass is 32.1. The molecule has 0 unspecified atom stereocenters. The number of methoxy groups -OCH3 is 1. The number of nitrogens with zero attached hydrogens (tertiary/aromatic N) is 8. The summed E-state index contributed by atoms with van der Waals surface area (Å²) in [5.41, 5.74) is 3.06. The number of fused-ring (bicyclic) bond motifs is 1. The van der Waals surface area contributed by atoms with Crippen molar-refractivity contribution >= 4 is 28.4 Å². The Labute approximate surface area is 204 Å². The van der Waals surface area contributed by atoms with E-state index in [0.717, 1.165) is 29.2 Å². The second-order valence-corrected chi connectivity index (χ2v) is 8.82. The van der Waals surface area contributed by atoms with Crippen LogP contribution in [0.4, 0.5) is 10.9 Å². The van der Waals surface area contributed by atoms with E-state index in [1.54, 1.807) is 38.6 Å². The standard InChI is InChI=1S/C22H23N9O3S/c1-13(11-32)31-20(27-28-29-31)17-4-3-5-19(25-17)26-21(33)16-8-15-10-30(22-23-12-24-35-22)7-6-14(15)9-18(16)34-2/h3-5,8-9,12-13,32H,6-7,10-11H2,1-2H3,(H,25,26,33)/t13-/m1/s1. The van der Waals surface area contributed by atoms with E-state index in [2.05, 4.69) is 40.1 Å². The van der Waals surface area contributed by atoms with Crippen LogP contribution in [-0.4, -0.2) is 65.8 Å².